The van der Waals surface area contributed by atoms with Crippen molar-refractivity contribution in [1.82, 2.24) is 4.72 Å². The second-order valence-electron chi connectivity index (χ2n) is 5.08. The van der Waals surface area contributed by atoms with Gasteiger partial charge in [0.05, 0.1) is 3.79 Å². The molecule has 0 aliphatic heterocycles. The Bertz CT molecular complexity index is 491. The molecule has 1 atom stereocenters. The monoisotopic (exact) mass is 417 g/mol. The van der Waals surface area contributed by atoms with Crippen molar-refractivity contribution in [3.8, 4) is 0 Å². The Morgan fingerprint density at radius 1 is 1.39 bits per heavy atom. The van der Waals surface area contributed by atoms with Crippen LogP contribution in [-0.2, 0) is 10.0 Å². The first kappa shape index (κ1) is 16.6. The highest BCUT2D eigenvalue weighted by Crippen LogP contribution is 2.29. The van der Waals surface area contributed by atoms with E-state index in [1.54, 1.807) is 12.1 Å². The maximum Gasteiger partial charge on any atom is 0.250 e. The molecule has 0 radical (unpaired) electrons. The molecule has 0 aromatic carbocycles. The van der Waals surface area contributed by atoms with E-state index in [2.05, 4.69) is 36.6 Å². The molecule has 1 unspecified atom stereocenters. The van der Waals surface area contributed by atoms with E-state index in [-0.39, 0.29) is 11.5 Å². The summed E-state index contributed by atoms with van der Waals surface area (Å²) < 4.78 is 28.4. The molecule has 104 valence electrons. The molecule has 0 saturated carbocycles. The van der Waals surface area contributed by atoms with Crippen molar-refractivity contribution in [2.24, 2.45) is 5.41 Å². The van der Waals surface area contributed by atoms with Gasteiger partial charge in [0.2, 0.25) is 10.0 Å². The molecule has 0 aliphatic rings. The summed E-state index contributed by atoms with van der Waals surface area (Å²) in [6.07, 6.45) is 0.759. The smallest absolute Gasteiger partial charge is 0.207 e. The van der Waals surface area contributed by atoms with Gasteiger partial charge in [0.15, 0.2) is 0 Å². The largest absolute Gasteiger partial charge is 0.250 e. The van der Waals surface area contributed by atoms with Crippen molar-refractivity contribution in [3.05, 3.63) is 15.9 Å². The van der Waals surface area contributed by atoms with Crippen LogP contribution in [0.3, 0.4) is 0 Å². The van der Waals surface area contributed by atoms with Crippen LogP contribution in [-0.4, -0.2) is 19.8 Å². The Morgan fingerprint density at radius 2 is 2.00 bits per heavy atom. The second-order valence-corrected chi connectivity index (χ2v) is 10.3. The molecule has 7 heteroatoms. The molecule has 1 rings (SSSR count). The standard InChI is InChI=1S/C11H17Br2NO2S2/c1-11(2,3)8(6-7-12)14-18(15,16)10-5-4-9(13)17-10/h4-5,8,14H,6-7H2,1-3H3. The zero-order valence-corrected chi connectivity index (χ0v) is 15.3. The average molecular weight is 419 g/mol. The molecule has 0 fully saturated rings. The number of alkyl halides is 1. The van der Waals surface area contributed by atoms with E-state index >= 15 is 0 Å². The Morgan fingerprint density at radius 3 is 2.39 bits per heavy atom. The summed E-state index contributed by atoms with van der Waals surface area (Å²) in [6, 6.07) is 3.27. The maximum atomic E-state index is 12.2. The summed E-state index contributed by atoms with van der Waals surface area (Å²) in [7, 11) is -3.43. The number of nitrogens with one attached hydrogen (secondary N) is 1. The molecule has 0 amide bonds. The zero-order valence-electron chi connectivity index (χ0n) is 10.5. The van der Waals surface area contributed by atoms with Crippen LogP contribution in [0.5, 0.6) is 0 Å². The van der Waals surface area contributed by atoms with Crippen LogP contribution in [0.1, 0.15) is 27.2 Å². The van der Waals surface area contributed by atoms with E-state index in [1.807, 2.05) is 20.8 Å². The predicted molar refractivity (Wildman–Crippen MR) is 84.0 cm³/mol. The van der Waals surface area contributed by atoms with Gasteiger partial charge < -0.3 is 0 Å². The highest BCUT2D eigenvalue weighted by atomic mass is 79.9. The fourth-order valence-corrected chi connectivity index (χ4v) is 5.43. The SMILES string of the molecule is CC(C)(C)C(CCBr)NS(=O)(=O)c1ccc(Br)s1. The van der Waals surface area contributed by atoms with Gasteiger partial charge in [-0.05, 0) is 39.9 Å². The van der Waals surface area contributed by atoms with E-state index in [9.17, 15) is 8.42 Å². The molecule has 0 bridgehead atoms. The lowest BCUT2D eigenvalue weighted by Gasteiger charge is -2.30. The molecule has 18 heavy (non-hydrogen) atoms. The third kappa shape index (κ3) is 4.59. The van der Waals surface area contributed by atoms with Crippen molar-refractivity contribution in [2.75, 3.05) is 5.33 Å². The second kappa shape index (κ2) is 6.35. The minimum Gasteiger partial charge on any atom is -0.207 e. The van der Waals surface area contributed by atoms with E-state index in [0.29, 0.717) is 4.21 Å². The van der Waals surface area contributed by atoms with E-state index in [1.165, 1.54) is 11.3 Å². The first-order valence-corrected chi connectivity index (χ1v) is 9.72. The summed E-state index contributed by atoms with van der Waals surface area (Å²) in [4.78, 5) is 0. The van der Waals surface area contributed by atoms with Crippen LogP contribution in [0.2, 0.25) is 0 Å². The van der Waals surface area contributed by atoms with Crippen molar-refractivity contribution in [2.45, 2.75) is 37.4 Å². The van der Waals surface area contributed by atoms with Gasteiger partial charge in [-0.3, -0.25) is 0 Å². The lowest BCUT2D eigenvalue weighted by atomic mass is 9.86. The van der Waals surface area contributed by atoms with Crippen molar-refractivity contribution < 1.29 is 8.42 Å². The minimum atomic E-state index is -3.43. The van der Waals surface area contributed by atoms with Crippen LogP contribution < -0.4 is 4.72 Å². The maximum absolute atomic E-state index is 12.2. The van der Waals surface area contributed by atoms with Gasteiger partial charge in [0.25, 0.3) is 0 Å². The molecular formula is C11H17Br2NO2S2. The molecule has 0 saturated heterocycles. The number of hydrogen-bond donors (Lipinski definition) is 1. The minimum absolute atomic E-state index is 0.0947. The number of rotatable bonds is 5. The van der Waals surface area contributed by atoms with Gasteiger partial charge in [0.1, 0.15) is 4.21 Å². The van der Waals surface area contributed by atoms with Crippen molar-refractivity contribution >= 4 is 53.2 Å². The fraction of sp³-hybridized carbons (Fsp3) is 0.636. The molecule has 1 aromatic heterocycles. The van der Waals surface area contributed by atoms with Crippen LogP contribution in [0.15, 0.2) is 20.1 Å². The Hall–Kier alpha value is 0.570. The fourth-order valence-electron chi connectivity index (χ4n) is 1.47. The average Bonchev–Trinajstić information content (AvgIpc) is 2.63. The van der Waals surface area contributed by atoms with Crippen molar-refractivity contribution in [3.63, 3.8) is 0 Å². The quantitative estimate of drug-likeness (QED) is 0.734. The lowest BCUT2D eigenvalue weighted by molar-refractivity contribution is 0.293. The van der Waals surface area contributed by atoms with Crippen LogP contribution >= 0.6 is 43.2 Å². The zero-order chi connectivity index (χ0) is 14.0. The Kier molecular flexibility index (Phi) is 5.86. The highest BCUT2D eigenvalue weighted by Gasteiger charge is 2.29. The van der Waals surface area contributed by atoms with E-state index in [0.717, 1.165) is 15.5 Å². The highest BCUT2D eigenvalue weighted by molar-refractivity contribution is 9.11. The molecule has 1 heterocycles. The van der Waals surface area contributed by atoms with Crippen molar-refractivity contribution in [1.29, 1.82) is 0 Å². The summed E-state index contributed by atoms with van der Waals surface area (Å²) >= 11 is 7.87. The molecule has 1 N–H and O–H groups in total. The number of halogens is 2. The Balaban J connectivity index is 2.93. The third-order valence-corrected chi connectivity index (χ3v) is 6.60. The number of sulfonamides is 1. The third-order valence-electron chi connectivity index (χ3n) is 2.55. The van der Waals surface area contributed by atoms with Crippen LogP contribution in [0, 0.1) is 5.41 Å². The summed E-state index contributed by atoms with van der Waals surface area (Å²) in [5.41, 5.74) is -0.116. The topological polar surface area (TPSA) is 46.2 Å². The molecular weight excluding hydrogens is 402 g/mol. The van der Waals surface area contributed by atoms with Crippen LogP contribution in [0.25, 0.3) is 0 Å². The normalized spacial score (nSPS) is 14.7. The van der Waals surface area contributed by atoms with Gasteiger partial charge in [0, 0.05) is 11.4 Å². The number of hydrogen-bond acceptors (Lipinski definition) is 3. The first-order valence-electron chi connectivity index (χ1n) is 5.50. The van der Waals surface area contributed by atoms with Gasteiger partial charge in [-0.15, -0.1) is 11.3 Å². The van der Waals surface area contributed by atoms with E-state index < -0.39 is 10.0 Å². The summed E-state index contributed by atoms with van der Waals surface area (Å²) in [6.45, 7) is 6.10. The van der Waals surface area contributed by atoms with E-state index in [4.69, 9.17) is 0 Å². The number of thiophene rings is 1. The van der Waals surface area contributed by atoms with Gasteiger partial charge in [-0.2, -0.15) is 0 Å². The predicted octanol–water partition coefficient (Wildman–Crippen LogP) is 3.99. The molecule has 0 spiro atoms. The lowest BCUT2D eigenvalue weighted by Crippen LogP contribution is -2.43. The van der Waals surface area contributed by atoms with Gasteiger partial charge >= 0.3 is 0 Å². The van der Waals surface area contributed by atoms with Gasteiger partial charge in [-0.25, -0.2) is 13.1 Å². The molecule has 3 nitrogen and oxygen atoms in total. The first-order chi connectivity index (χ1) is 8.16. The molecule has 0 aliphatic carbocycles. The molecule has 1 aromatic rings. The van der Waals surface area contributed by atoms with Crippen LogP contribution in [0.4, 0.5) is 0 Å². The summed E-state index contributed by atoms with van der Waals surface area (Å²) in [5.74, 6) is 0. The Labute approximate surface area is 130 Å². The summed E-state index contributed by atoms with van der Waals surface area (Å²) in [5, 5.41) is 0.769. The van der Waals surface area contributed by atoms with Gasteiger partial charge in [-0.1, -0.05) is 36.7 Å².